The van der Waals surface area contributed by atoms with Crippen molar-refractivity contribution in [2.75, 3.05) is 13.4 Å². The topological polar surface area (TPSA) is 66.6 Å². The van der Waals surface area contributed by atoms with Crippen LogP contribution in [-0.4, -0.2) is 33.5 Å². The summed E-state index contributed by atoms with van der Waals surface area (Å²) in [6.07, 6.45) is 2.05. The third-order valence-electron chi connectivity index (χ3n) is 2.01. The fraction of sp³-hybridized carbons (Fsp3) is 0.444. The van der Waals surface area contributed by atoms with Crippen LogP contribution in [-0.2, 0) is 17.1 Å². The Labute approximate surface area is 112 Å². The number of rotatable bonds is 5. The van der Waals surface area contributed by atoms with Crippen molar-refractivity contribution in [1.29, 1.82) is 0 Å². The van der Waals surface area contributed by atoms with Crippen LogP contribution in [0.1, 0.15) is 10.7 Å². The third-order valence-corrected chi connectivity index (χ3v) is 4.05. The van der Waals surface area contributed by atoms with Crippen molar-refractivity contribution in [3.63, 3.8) is 0 Å². The van der Waals surface area contributed by atoms with Crippen molar-refractivity contribution < 1.29 is 4.74 Å². The number of methoxy groups -OCH3 is 1. The molecule has 0 atom stereocenters. The minimum absolute atomic E-state index is 0.447. The van der Waals surface area contributed by atoms with E-state index >= 15 is 0 Å². The van der Waals surface area contributed by atoms with E-state index in [4.69, 9.17) is 17.0 Å². The number of thioether (sulfide) groups is 1. The van der Waals surface area contributed by atoms with Crippen molar-refractivity contribution in [3.05, 3.63) is 15.5 Å². The SMILES string of the molecule is COCc1nc(CSC)sc1-c1nc(=S)[nH][nH]1. The van der Waals surface area contributed by atoms with Crippen molar-refractivity contribution in [2.45, 2.75) is 12.4 Å². The van der Waals surface area contributed by atoms with Crippen LogP contribution in [0.15, 0.2) is 0 Å². The average Bonchev–Trinajstić information content (AvgIpc) is 2.86. The highest BCUT2D eigenvalue weighted by molar-refractivity contribution is 7.97. The summed E-state index contributed by atoms with van der Waals surface area (Å²) in [5, 5.41) is 6.80. The van der Waals surface area contributed by atoms with Gasteiger partial charge >= 0.3 is 0 Å². The average molecular weight is 288 g/mol. The van der Waals surface area contributed by atoms with E-state index in [1.807, 2.05) is 0 Å². The van der Waals surface area contributed by atoms with Crippen molar-refractivity contribution in [3.8, 4) is 10.7 Å². The predicted octanol–water partition coefficient (Wildman–Crippen LogP) is 2.60. The highest BCUT2D eigenvalue weighted by atomic mass is 32.2. The Kier molecular flexibility index (Phi) is 4.32. The van der Waals surface area contributed by atoms with Gasteiger partial charge in [0.25, 0.3) is 0 Å². The second-order valence-corrected chi connectivity index (χ2v) is 5.60. The second-order valence-electron chi connectivity index (χ2n) is 3.27. The zero-order valence-corrected chi connectivity index (χ0v) is 11.9. The molecule has 17 heavy (non-hydrogen) atoms. The van der Waals surface area contributed by atoms with Crippen LogP contribution in [0.3, 0.4) is 0 Å². The van der Waals surface area contributed by atoms with Gasteiger partial charge in [-0.1, -0.05) is 0 Å². The summed E-state index contributed by atoms with van der Waals surface area (Å²) in [5.74, 6) is 1.62. The lowest BCUT2D eigenvalue weighted by Gasteiger charge is -1.96. The van der Waals surface area contributed by atoms with Crippen molar-refractivity contribution in [1.82, 2.24) is 20.2 Å². The Morgan fingerprint density at radius 1 is 1.41 bits per heavy atom. The number of hydrogen-bond donors (Lipinski definition) is 2. The lowest BCUT2D eigenvalue weighted by atomic mass is 10.3. The van der Waals surface area contributed by atoms with E-state index in [-0.39, 0.29) is 0 Å². The van der Waals surface area contributed by atoms with E-state index in [9.17, 15) is 0 Å². The van der Waals surface area contributed by atoms with Gasteiger partial charge in [-0.05, 0) is 18.5 Å². The van der Waals surface area contributed by atoms with Gasteiger partial charge in [-0.15, -0.1) is 11.3 Å². The van der Waals surface area contributed by atoms with Crippen LogP contribution in [0.4, 0.5) is 0 Å². The van der Waals surface area contributed by atoms with Crippen LogP contribution >= 0.6 is 35.3 Å². The Hall–Kier alpha value is -0.700. The van der Waals surface area contributed by atoms with Crippen LogP contribution in [0.2, 0.25) is 0 Å². The smallest absolute Gasteiger partial charge is 0.213 e. The van der Waals surface area contributed by atoms with E-state index in [2.05, 4.69) is 26.4 Å². The number of H-pyrrole nitrogens is 2. The molecule has 0 saturated heterocycles. The van der Waals surface area contributed by atoms with E-state index in [0.717, 1.165) is 27.2 Å². The molecule has 2 aromatic heterocycles. The number of aromatic amines is 2. The number of nitrogens with zero attached hydrogens (tertiary/aromatic N) is 2. The van der Waals surface area contributed by atoms with Crippen LogP contribution < -0.4 is 0 Å². The zero-order valence-electron chi connectivity index (χ0n) is 9.44. The van der Waals surface area contributed by atoms with E-state index < -0.39 is 0 Å². The molecule has 2 heterocycles. The fourth-order valence-electron chi connectivity index (χ4n) is 1.38. The third kappa shape index (κ3) is 2.95. The van der Waals surface area contributed by atoms with E-state index in [1.54, 1.807) is 30.2 Å². The molecule has 0 saturated carbocycles. The molecule has 0 aliphatic heterocycles. The highest BCUT2D eigenvalue weighted by Crippen LogP contribution is 2.29. The van der Waals surface area contributed by atoms with Crippen molar-refractivity contribution in [2.24, 2.45) is 0 Å². The van der Waals surface area contributed by atoms with Crippen molar-refractivity contribution >= 4 is 35.3 Å². The van der Waals surface area contributed by atoms with Gasteiger partial charge in [0.1, 0.15) is 5.01 Å². The second kappa shape index (κ2) is 5.76. The molecule has 0 bridgehead atoms. The molecule has 5 nitrogen and oxygen atoms in total. The first-order valence-corrected chi connectivity index (χ1v) is 7.48. The van der Waals surface area contributed by atoms with Crippen LogP contribution in [0.5, 0.6) is 0 Å². The van der Waals surface area contributed by atoms with Crippen LogP contribution in [0.25, 0.3) is 10.7 Å². The summed E-state index contributed by atoms with van der Waals surface area (Å²) >= 11 is 8.31. The maximum Gasteiger partial charge on any atom is 0.213 e. The molecule has 0 spiro atoms. The summed E-state index contributed by atoms with van der Waals surface area (Å²) < 4.78 is 5.60. The molecule has 0 radical (unpaired) electrons. The molecular weight excluding hydrogens is 276 g/mol. The molecule has 0 aromatic carbocycles. The summed E-state index contributed by atoms with van der Waals surface area (Å²) in [5.41, 5.74) is 0.902. The van der Waals surface area contributed by atoms with Gasteiger partial charge in [0.05, 0.1) is 17.2 Å². The largest absolute Gasteiger partial charge is 0.378 e. The fourth-order valence-corrected chi connectivity index (χ4v) is 3.23. The molecule has 8 heteroatoms. The lowest BCUT2D eigenvalue weighted by molar-refractivity contribution is 0.182. The first-order valence-electron chi connectivity index (χ1n) is 4.86. The molecule has 2 aromatic rings. The maximum absolute atomic E-state index is 5.15. The minimum Gasteiger partial charge on any atom is -0.378 e. The quantitative estimate of drug-likeness (QED) is 0.828. The van der Waals surface area contributed by atoms with E-state index in [0.29, 0.717) is 11.4 Å². The van der Waals surface area contributed by atoms with Gasteiger partial charge in [-0.2, -0.15) is 16.7 Å². The first kappa shape index (κ1) is 12.7. The Morgan fingerprint density at radius 3 is 2.82 bits per heavy atom. The first-order chi connectivity index (χ1) is 8.24. The summed E-state index contributed by atoms with van der Waals surface area (Å²) in [7, 11) is 1.66. The summed E-state index contributed by atoms with van der Waals surface area (Å²) in [6, 6.07) is 0. The number of aromatic nitrogens is 4. The maximum atomic E-state index is 5.15. The van der Waals surface area contributed by atoms with Gasteiger partial charge in [0.2, 0.25) is 4.77 Å². The molecule has 0 amide bonds. The standard InChI is InChI=1S/C9H12N4OS3/c1-14-3-5-7(8-11-9(15)13-12-8)17-6(10-5)4-16-2/h3-4H2,1-2H3,(H2,11,12,13,15). The molecule has 92 valence electrons. The molecule has 0 aliphatic carbocycles. The number of ether oxygens (including phenoxy) is 1. The van der Waals surface area contributed by atoms with E-state index in [1.165, 1.54) is 0 Å². The zero-order chi connectivity index (χ0) is 12.3. The van der Waals surface area contributed by atoms with Gasteiger partial charge in [0.15, 0.2) is 5.82 Å². The monoisotopic (exact) mass is 288 g/mol. The van der Waals surface area contributed by atoms with Gasteiger partial charge < -0.3 is 4.74 Å². The summed E-state index contributed by atoms with van der Waals surface area (Å²) in [6.45, 7) is 0.480. The normalized spacial score (nSPS) is 10.9. The molecule has 0 fully saturated rings. The predicted molar refractivity (Wildman–Crippen MR) is 72.8 cm³/mol. The Bertz CT molecular complexity index is 544. The number of hydrogen-bond acceptors (Lipinski definition) is 6. The number of thiazole rings is 1. The van der Waals surface area contributed by atoms with Gasteiger partial charge in [0, 0.05) is 12.9 Å². The van der Waals surface area contributed by atoms with Gasteiger partial charge in [-0.25, -0.2) is 4.98 Å². The van der Waals surface area contributed by atoms with Crippen LogP contribution in [0, 0.1) is 4.77 Å². The molecular formula is C9H12N4OS3. The molecule has 2 rings (SSSR count). The summed E-state index contributed by atoms with van der Waals surface area (Å²) in [4.78, 5) is 9.74. The Morgan fingerprint density at radius 2 is 2.24 bits per heavy atom. The Balaban J connectivity index is 2.39. The minimum atomic E-state index is 0.447. The highest BCUT2D eigenvalue weighted by Gasteiger charge is 2.15. The molecule has 2 N–H and O–H groups in total. The number of nitrogens with one attached hydrogen (secondary N) is 2. The van der Waals surface area contributed by atoms with Gasteiger partial charge in [-0.3, -0.25) is 10.2 Å². The molecule has 0 aliphatic rings. The molecule has 0 unspecified atom stereocenters. The lowest BCUT2D eigenvalue weighted by Crippen LogP contribution is -1.92.